The molecule has 0 saturated carbocycles. The lowest BCUT2D eigenvalue weighted by atomic mass is 10.1. The molecule has 0 atom stereocenters. The van der Waals surface area contributed by atoms with Gasteiger partial charge in [0.1, 0.15) is 12.2 Å². The smallest absolute Gasteiger partial charge is 0.317 e. The number of ether oxygens (including phenoxy) is 1. The molecule has 0 heterocycles. The summed E-state index contributed by atoms with van der Waals surface area (Å²) in [6.07, 6.45) is -0.0250. The molecule has 0 amide bonds. The topological polar surface area (TPSA) is 52.3 Å². The number of aryl methyl sites for hydroxylation is 1. The van der Waals surface area contributed by atoms with Crippen LogP contribution in [-0.2, 0) is 9.53 Å². The Labute approximate surface area is 99.8 Å². The fourth-order valence-corrected chi connectivity index (χ4v) is 1.28. The van der Waals surface area contributed by atoms with Crippen LogP contribution in [0.15, 0.2) is 12.1 Å². The van der Waals surface area contributed by atoms with E-state index in [4.69, 9.17) is 10.5 Å². The van der Waals surface area contributed by atoms with Crippen molar-refractivity contribution in [2.24, 2.45) is 0 Å². The zero-order valence-corrected chi connectivity index (χ0v) is 9.84. The Morgan fingerprint density at radius 3 is 2.88 bits per heavy atom. The molecule has 0 saturated heterocycles. The summed E-state index contributed by atoms with van der Waals surface area (Å²) in [5, 5.41) is 0. The quantitative estimate of drug-likeness (QED) is 0.484. The number of hydrogen-bond acceptors (Lipinski definition) is 3. The van der Waals surface area contributed by atoms with E-state index in [9.17, 15) is 9.18 Å². The molecular formula is C13H14FNO2. The lowest BCUT2D eigenvalue weighted by molar-refractivity contribution is -0.141. The van der Waals surface area contributed by atoms with Gasteiger partial charge in [-0.15, -0.1) is 0 Å². The Hall–Kier alpha value is -2.02. The fourth-order valence-electron chi connectivity index (χ4n) is 1.28. The Bertz CT molecular complexity index is 486. The van der Waals surface area contributed by atoms with Crippen LogP contribution in [0, 0.1) is 24.6 Å². The highest BCUT2D eigenvalue weighted by atomic mass is 19.1. The number of anilines is 1. The molecule has 0 unspecified atom stereocenters. The standard InChI is InChI=1S/C13H14FNO2/c1-3-17-12(16)6-4-5-10-8-11(14)7-9(2)13(10)15/h7-8H,3,6,15H2,1-2H3. The molecule has 1 aromatic rings. The Balaban J connectivity index is 2.82. The van der Waals surface area contributed by atoms with E-state index in [0.29, 0.717) is 23.4 Å². The molecule has 0 aliphatic heterocycles. The molecule has 0 radical (unpaired) electrons. The SMILES string of the molecule is CCOC(=O)CC#Cc1cc(F)cc(C)c1N. The third-order valence-corrected chi connectivity index (χ3v) is 2.11. The second-order valence-electron chi connectivity index (χ2n) is 3.47. The van der Waals surface area contributed by atoms with E-state index in [-0.39, 0.29) is 6.42 Å². The monoisotopic (exact) mass is 235 g/mol. The number of benzene rings is 1. The molecule has 90 valence electrons. The van der Waals surface area contributed by atoms with Gasteiger partial charge >= 0.3 is 5.97 Å². The minimum absolute atomic E-state index is 0.0250. The largest absolute Gasteiger partial charge is 0.465 e. The molecule has 0 aliphatic carbocycles. The normalized spacial score (nSPS) is 9.35. The van der Waals surface area contributed by atoms with Crippen LogP contribution in [0.3, 0.4) is 0 Å². The summed E-state index contributed by atoms with van der Waals surface area (Å²) < 4.78 is 17.8. The van der Waals surface area contributed by atoms with Gasteiger partial charge in [0.15, 0.2) is 0 Å². The summed E-state index contributed by atoms with van der Waals surface area (Å²) in [5.74, 6) is 4.49. The van der Waals surface area contributed by atoms with E-state index < -0.39 is 11.8 Å². The third-order valence-electron chi connectivity index (χ3n) is 2.11. The van der Waals surface area contributed by atoms with Crippen LogP contribution >= 0.6 is 0 Å². The third kappa shape index (κ3) is 3.80. The molecule has 4 heteroatoms. The van der Waals surface area contributed by atoms with Crippen molar-refractivity contribution in [1.29, 1.82) is 0 Å². The predicted molar refractivity (Wildman–Crippen MR) is 63.7 cm³/mol. The lowest BCUT2D eigenvalue weighted by Gasteiger charge is -2.02. The molecule has 1 rings (SSSR count). The van der Waals surface area contributed by atoms with Crippen molar-refractivity contribution in [3.8, 4) is 11.8 Å². The van der Waals surface area contributed by atoms with Crippen molar-refractivity contribution in [1.82, 2.24) is 0 Å². The highest BCUT2D eigenvalue weighted by Crippen LogP contribution is 2.17. The summed E-state index contributed by atoms with van der Waals surface area (Å²) in [6.45, 7) is 3.75. The molecular weight excluding hydrogens is 221 g/mol. The van der Waals surface area contributed by atoms with Gasteiger partial charge in [-0.3, -0.25) is 4.79 Å². The fraction of sp³-hybridized carbons (Fsp3) is 0.308. The van der Waals surface area contributed by atoms with E-state index in [1.165, 1.54) is 12.1 Å². The van der Waals surface area contributed by atoms with Gasteiger partial charge in [-0.05, 0) is 31.5 Å². The number of nitrogen functional groups attached to an aromatic ring is 1. The molecule has 2 N–H and O–H groups in total. The predicted octanol–water partition coefficient (Wildman–Crippen LogP) is 2.02. The number of esters is 1. The van der Waals surface area contributed by atoms with E-state index in [0.717, 1.165) is 0 Å². The molecule has 0 spiro atoms. The number of carbonyl (C=O) groups excluding carboxylic acids is 1. The first-order chi connectivity index (χ1) is 8.04. The van der Waals surface area contributed by atoms with Gasteiger partial charge in [-0.25, -0.2) is 4.39 Å². The summed E-state index contributed by atoms with van der Waals surface area (Å²) >= 11 is 0. The first-order valence-corrected chi connectivity index (χ1v) is 5.24. The van der Waals surface area contributed by atoms with Crippen molar-refractivity contribution < 1.29 is 13.9 Å². The Morgan fingerprint density at radius 2 is 2.24 bits per heavy atom. The van der Waals surface area contributed by atoms with Gasteiger partial charge in [-0.2, -0.15) is 0 Å². The minimum Gasteiger partial charge on any atom is -0.465 e. The van der Waals surface area contributed by atoms with Gasteiger partial charge in [0, 0.05) is 0 Å². The molecule has 0 fully saturated rings. The van der Waals surface area contributed by atoms with Gasteiger partial charge < -0.3 is 10.5 Å². The van der Waals surface area contributed by atoms with Crippen LogP contribution in [0.5, 0.6) is 0 Å². The van der Waals surface area contributed by atoms with Crippen LogP contribution in [0.4, 0.5) is 10.1 Å². The summed E-state index contributed by atoms with van der Waals surface area (Å²) in [7, 11) is 0. The molecule has 1 aromatic carbocycles. The molecule has 0 aliphatic rings. The Morgan fingerprint density at radius 1 is 1.53 bits per heavy atom. The van der Waals surface area contributed by atoms with Crippen molar-refractivity contribution in [3.63, 3.8) is 0 Å². The summed E-state index contributed by atoms with van der Waals surface area (Å²) in [5.41, 5.74) is 7.20. The average Bonchev–Trinajstić information content (AvgIpc) is 2.25. The van der Waals surface area contributed by atoms with Crippen molar-refractivity contribution in [2.75, 3.05) is 12.3 Å². The van der Waals surface area contributed by atoms with Crippen molar-refractivity contribution >= 4 is 11.7 Å². The van der Waals surface area contributed by atoms with E-state index in [1.54, 1.807) is 13.8 Å². The summed E-state index contributed by atoms with van der Waals surface area (Å²) in [4.78, 5) is 11.0. The molecule has 0 aromatic heterocycles. The van der Waals surface area contributed by atoms with Crippen LogP contribution in [0.1, 0.15) is 24.5 Å². The van der Waals surface area contributed by atoms with E-state index in [1.807, 2.05) is 0 Å². The number of halogens is 1. The van der Waals surface area contributed by atoms with Crippen molar-refractivity contribution in [2.45, 2.75) is 20.3 Å². The highest BCUT2D eigenvalue weighted by Gasteiger charge is 2.03. The highest BCUT2D eigenvalue weighted by molar-refractivity contribution is 5.73. The Kier molecular flexibility index (Phi) is 4.53. The van der Waals surface area contributed by atoms with Gasteiger partial charge in [-0.1, -0.05) is 11.8 Å². The minimum atomic E-state index is -0.397. The number of carbonyl (C=O) groups is 1. The van der Waals surface area contributed by atoms with Crippen molar-refractivity contribution in [3.05, 3.63) is 29.1 Å². The van der Waals surface area contributed by atoms with Gasteiger partial charge in [0.05, 0.1) is 17.9 Å². The van der Waals surface area contributed by atoms with E-state index >= 15 is 0 Å². The maximum atomic E-state index is 13.1. The second-order valence-corrected chi connectivity index (χ2v) is 3.47. The zero-order valence-electron chi connectivity index (χ0n) is 9.84. The van der Waals surface area contributed by atoms with Crippen LogP contribution in [-0.4, -0.2) is 12.6 Å². The van der Waals surface area contributed by atoms with Crippen LogP contribution < -0.4 is 5.73 Å². The molecule has 17 heavy (non-hydrogen) atoms. The van der Waals surface area contributed by atoms with E-state index in [2.05, 4.69) is 11.8 Å². The first kappa shape index (κ1) is 13.0. The molecule has 0 bridgehead atoms. The number of nitrogens with two attached hydrogens (primary N) is 1. The first-order valence-electron chi connectivity index (χ1n) is 5.24. The van der Waals surface area contributed by atoms with Crippen LogP contribution in [0.25, 0.3) is 0 Å². The average molecular weight is 235 g/mol. The number of hydrogen-bond donors (Lipinski definition) is 1. The summed E-state index contributed by atoms with van der Waals surface area (Å²) in [6, 6.07) is 2.59. The maximum absolute atomic E-state index is 13.1. The maximum Gasteiger partial charge on any atom is 0.317 e. The molecule has 3 nitrogen and oxygen atoms in total. The van der Waals surface area contributed by atoms with Crippen LogP contribution in [0.2, 0.25) is 0 Å². The second kappa shape index (κ2) is 5.90. The van der Waals surface area contributed by atoms with Gasteiger partial charge in [0.2, 0.25) is 0 Å². The van der Waals surface area contributed by atoms with Gasteiger partial charge in [0.25, 0.3) is 0 Å². The lowest BCUT2D eigenvalue weighted by Crippen LogP contribution is -2.02. The number of rotatable bonds is 2. The zero-order chi connectivity index (χ0) is 12.8.